The van der Waals surface area contributed by atoms with E-state index in [2.05, 4.69) is 52.9 Å². The van der Waals surface area contributed by atoms with E-state index in [4.69, 9.17) is 0 Å². The van der Waals surface area contributed by atoms with Gasteiger partial charge in [-0.15, -0.1) is 0 Å². The normalized spacial score (nSPS) is 19.6. The van der Waals surface area contributed by atoms with Gasteiger partial charge in [0.05, 0.1) is 6.17 Å². The van der Waals surface area contributed by atoms with Crippen molar-refractivity contribution < 1.29 is 0 Å². The van der Waals surface area contributed by atoms with Crippen LogP contribution < -0.4 is 0 Å². The number of fused-ring (bicyclic) bond motifs is 1. The summed E-state index contributed by atoms with van der Waals surface area (Å²) in [4.78, 5) is 2.59. The molecule has 0 aliphatic carbocycles. The molecular weight excluding hydrogens is 208 g/mol. The van der Waals surface area contributed by atoms with Crippen LogP contribution in [0.3, 0.4) is 0 Å². The monoisotopic (exact) mass is 228 g/mol. The molecule has 0 N–H and O–H groups in total. The van der Waals surface area contributed by atoms with Crippen molar-refractivity contribution in [3.63, 3.8) is 0 Å². The first-order valence-corrected chi connectivity index (χ1v) is 6.66. The van der Waals surface area contributed by atoms with E-state index in [1.54, 1.807) is 0 Å². The maximum absolute atomic E-state index is 2.59. The van der Waals surface area contributed by atoms with Gasteiger partial charge in [-0.2, -0.15) is 0 Å². The van der Waals surface area contributed by atoms with Crippen LogP contribution in [0.1, 0.15) is 32.4 Å². The van der Waals surface area contributed by atoms with Crippen LogP contribution >= 0.6 is 0 Å². The summed E-state index contributed by atoms with van der Waals surface area (Å²) in [7, 11) is 0. The second kappa shape index (κ2) is 4.53. The molecule has 0 bridgehead atoms. The molecule has 3 rings (SSSR count). The molecule has 2 nitrogen and oxygen atoms in total. The summed E-state index contributed by atoms with van der Waals surface area (Å²) in [5.74, 6) is 0. The zero-order chi connectivity index (χ0) is 11.7. The maximum Gasteiger partial charge on any atom is 0.0835 e. The molecule has 17 heavy (non-hydrogen) atoms. The van der Waals surface area contributed by atoms with Crippen LogP contribution in [0.4, 0.5) is 0 Å². The topological polar surface area (TPSA) is 8.17 Å². The molecule has 1 aromatic carbocycles. The van der Waals surface area contributed by atoms with Crippen molar-refractivity contribution in [1.29, 1.82) is 0 Å². The van der Waals surface area contributed by atoms with Crippen LogP contribution in [0.5, 0.6) is 0 Å². The molecule has 1 aliphatic heterocycles. The van der Waals surface area contributed by atoms with Crippen LogP contribution in [0.2, 0.25) is 0 Å². The zero-order valence-electron chi connectivity index (χ0n) is 10.5. The van der Waals surface area contributed by atoms with Gasteiger partial charge >= 0.3 is 0 Å². The van der Waals surface area contributed by atoms with Crippen molar-refractivity contribution in [2.75, 3.05) is 13.1 Å². The van der Waals surface area contributed by atoms with E-state index in [0.717, 1.165) is 0 Å². The van der Waals surface area contributed by atoms with E-state index in [1.807, 2.05) is 0 Å². The second-order valence-corrected chi connectivity index (χ2v) is 5.01. The highest BCUT2D eigenvalue weighted by molar-refractivity contribution is 5.80. The average molecular weight is 228 g/mol. The summed E-state index contributed by atoms with van der Waals surface area (Å²) < 4.78 is 2.40. The summed E-state index contributed by atoms with van der Waals surface area (Å²) in [6, 6.07) is 10.9. The Balaban J connectivity index is 1.92. The lowest BCUT2D eigenvalue weighted by Crippen LogP contribution is -2.34. The Morgan fingerprint density at radius 2 is 1.76 bits per heavy atom. The SMILES string of the molecule is CC(N1CCCCC1)n1ccc2ccccc21. The van der Waals surface area contributed by atoms with Gasteiger partial charge in [-0.3, -0.25) is 4.90 Å². The number of piperidine rings is 1. The third kappa shape index (κ3) is 1.98. The van der Waals surface area contributed by atoms with Crippen molar-refractivity contribution in [3.8, 4) is 0 Å². The van der Waals surface area contributed by atoms with Crippen LogP contribution in [0, 0.1) is 0 Å². The third-order valence-electron chi connectivity index (χ3n) is 3.95. The van der Waals surface area contributed by atoms with Gasteiger partial charge in [0.2, 0.25) is 0 Å². The number of para-hydroxylation sites is 1. The summed E-state index contributed by atoms with van der Waals surface area (Å²) >= 11 is 0. The van der Waals surface area contributed by atoms with E-state index < -0.39 is 0 Å². The van der Waals surface area contributed by atoms with E-state index in [-0.39, 0.29) is 0 Å². The first-order valence-electron chi connectivity index (χ1n) is 6.66. The lowest BCUT2D eigenvalue weighted by Gasteiger charge is -2.33. The van der Waals surface area contributed by atoms with E-state index in [0.29, 0.717) is 6.17 Å². The number of hydrogen-bond donors (Lipinski definition) is 0. The summed E-state index contributed by atoms with van der Waals surface area (Å²) in [6.45, 7) is 4.80. The van der Waals surface area contributed by atoms with Gasteiger partial charge in [-0.05, 0) is 37.3 Å². The number of rotatable bonds is 2. The number of nitrogens with zero attached hydrogens (tertiary/aromatic N) is 2. The lowest BCUT2D eigenvalue weighted by molar-refractivity contribution is 0.130. The Kier molecular flexibility index (Phi) is 2.89. The van der Waals surface area contributed by atoms with Gasteiger partial charge in [0.25, 0.3) is 0 Å². The number of aromatic nitrogens is 1. The van der Waals surface area contributed by atoms with Gasteiger partial charge in [0, 0.05) is 24.8 Å². The molecule has 2 heteroatoms. The molecule has 1 aromatic heterocycles. The van der Waals surface area contributed by atoms with Gasteiger partial charge < -0.3 is 4.57 Å². The molecule has 1 atom stereocenters. The van der Waals surface area contributed by atoms with Crippen LogP contribution in [-0.4, -0.2) is 22.6 Å². The largest absolute Gasteiger partial charge is 0.332 e. The molecule has 0 radical (unpaired) electrons. The molecule has 0 amide bonds. The van der Waals surface area contributed by atoms with Crippen LogP contribution in [0.15, 0.2) is 36.5 Å². The van der Waals surface area contributed by atoms with Gasteiger partial charge in [-0.1, -0.05) is 24.6 Å². The second-order valence-electron chi connectivity index (χ2n) is 5.01. The fraction of sp³-hybridized carbons (Fsp3) is 0.467. The summed E-state index contributed by atoms with van der Waals surface area (Å²) in [5, 5.41) is 1.34. The minimum atomic E-state index is 0.482. The molecule has 1 saturated heterocycles. The smallest absolute Gasteiger partial charge is 0.0835 e. The van der Waals surface area contributed by atoms with Gasteiger partial charge in [0.1, 0.15) is 0 Å². The molecular formula is C15H20N2. The standard InChI is InChI=1S/C15H20N2/c1-13(16-10-5-2-6-11-16)17-12-9-14-7-3-4-8-15(14)17/h3-4,7-9,12-13H,2,5-6,10-11H2,1H3. The van der Waals surface area contributed by atoms with Gasteiger partial charge in [0.15, 0.2) is 0 Å². The van der Waals surface area contributed by atoms with Crippen molar-refractivity contribution in [2.24, 2.45) is 0 Å². The van der Waals surface area contributed by atoms with Crippen molar-refractivity contribution in [2.45, 2.75) is 32.4 Å². The summed E-state index contributed by atoms with van der Waals surface area (Å²) in [6.07, 6.45) is 6.81. The molecule has 90 valence electrons. The minimum absolute atomic E-state index is 0.482. The summed E-state index contributed by atoms with van der Waals surface area (Å²) in [5.41, 5.74) is 1.35. The number of hydrogen-bond acceptors (Lipinski definition) is 1. The quantitative estimate of drug-likeness (QED) is 0.761. The minimum Gasteiger partial charge on any atom is -0.332 e. The van der Waals surface area contributed by atoms with Crippen molar-refractivity contribution >= 4 is 10.9 Å². The van der Waals surface area contributed by atoms with E-state index in [1.165, 1.54) is 43.3 Å². The molecule has 0 saturated carbocycles. The highest BCUT2D eigenvalue weighted by Gasteiger charge is 2.18. The predicted molar refractivity (Wildman–Crippen MR) is 72.1 cm³/mol. The van der Waals surface area contributed by atoms with Crippen molar-refractivity contribution in [3.05, 3.63) is 36.5 Å². The van der Waals surface area contributed by atoms with Gasteiger partial charge in [-0.25, -0.2) is 0 Å². The van der Waals surface area contributed by atoms with Crippen LogP contribution in [-0.2, 0) is 0 Å². The third-order valence-corrected chi connectivity index (χ3v) is 3.95. The van der Waals surface area contributed by atoms with E-state index >= 15 is 0 Å². The Labute approximate surface area is 103 Å². The first kappa shape index (κ1) is 10.8. The lowest BCUT2D eigenvalue weighted by atomic mass is 10.1. The Morgan fingerprint density at radius 1 is 1.00 bits per heavy atom. The van der Waals surface area contributed by atoms with Crippen LogP contribution in [0.25, 0.3) is 10.9 Å². The fourth-order valence-corrected chi connectivity index (χ4v) is 2.90. The molecule has 1 aliphatic rings. The average Bonchev–Trinajstić information content (AvgIpc) is 2.83. The maximum atomic E-state index is 2.59. The first-order chi connectivity index (χ1) is 8.36. The molecule has 0 spiro atoms. The molecule has 1 fully saturated rings. The van der Waals surface area contributed by atoms with E-state index in [9.17, 15) is 0 Å². The highest BCUT2D eigenvalue weighted by atomic mass is 15.3. The Morgan fingerprint density at radius 3 is 2.59 bits per heavy atom. The zero-order valence-corrected chi connectivity index (χ0v) is 10.5. The fourth-order valence-electron chi connectivity index (χ4n) is 2.90. The molecule has 2 heterocycles. The molecule has 1 unspecified atom stereocenters. The highest BCUT2D eigenvalue weighted by Crippen LogP contribution is 2.24. The molecule has 2 aromatic rings. The predicted octanol–water partition coefficient (Wildman–Crippen LogP) is 3.65. The Bertz CT molecular complexity index is 494. The number of benzene rings is 1. The Hall–Kier alpha value is -1.28. The van der Waals surface area contributed by atoms with Crippen molar-refractivity contribution in [1.82, 2.24) is 9.47 Å². The number of likely N-dealkylation sites (tertiary alicyclic amines) is 1.